The number of nitrogens with zero attached hydrogens (tertiary/aromatic N) is 1. The zero-order chi connectivity index (χ0) is 9.97. The molecule has 0 N–H and O–H groups in total. The SMILES string of the molecule is C[C@@H]1CC[C@H](c2ccccn2)[C@@H](C)C1. The van der Waals surface area contributed by atoms with Crippen molar-refractivity contribution >= 4 is 0 Å². The fraction of sp³-hybridized carbons (Fsp3) is 0.615. The van der Waals surface area contributed by atoms with E-state index in [1.54, 1.807) is 0 Å². The molecule has 1 heteroatoms. The van der Waals surface area contributed by atoms with Gasteiger partial charge in [0.25, 0.3) is 0 Å². The van der Waals surface area contributed by atoms with E-state index < -0.39 is 0 Å². The van der Waals surface area contributed by atoms with E-state index in [1.807, 2.05) is 12.3 Å². The van der Waals surface area contributed by atoms with Gasteiger partial charge in [0.1, 0.15) is 0 Å². The monoisotopic (exact) mass is 189 g/mol. The summed E-state index contributed by atoms with van der Waals surface area (Å²) < 4.78 is 0. The van der Waals surface area contributed by atoms with E-state index in [0.29, 0.717) is 5.92 Å². The summed E-state index contributed by atoms with van der Waals surface area (Å²) in [7, 11) is 0. The Bertz CT molecular complexity index is 281. The zero-order valence-corrected chi connectivity index (χ0v) is 9.11. The third-order valence-electron chi connectivity index (χ3n) is 3.50. The van der Waals surface area contributed by atoms with Crippen molar-refractivity contribution in [1.82, 2.24) is 4.98 Å². The molecule has 1 aromatic rings. The minimum Gasteiger partial charge on any atom is -0.261 e. The van der Waals surface area contributed by atoms with Crippen LogP contribution in [0.3, 0.4) is 0 Å². The van der Waals surface area contributed by atoms with Gasteiger partial charge in [-0.1, -0.05) is 26.3 Å². The van der Waals surface area contributed by atoms with Crippen LogP contribution in [0.5, 0.6) is 0 Å². The molecule has 0 bridgehead atoms. The molecule has 1 saturated carbocycles. The summed E-state index contributed by atoms with van der Waals surface area (Å²) in [4.78, 5) is 4.48. The highest BCUT2D eigenvalue weighted by Gasteiger charge is 2.26. The number of aromatic nitrogens is 1. The highest BCUT2D eigenvalue weighted by atomic mass is 14.7. The topological polar surface area (TPSA) is 12.9 Å². The minimum absolute atomic E-state index is 0.701. The molecular formula is C13H19N. The maximum absolute atomic E-state index is 4.48. The lowest BCUT2D eigenvalue weighted by atomic mass is 9.74. The first-order chi connectivity index (χ1) is 6.77. The zero-order valence-electron chi connectivity index (χ0n) is 9.11. The fourth-order valence-electron chi connectivity index (χ4n) is 2.70. The van der Waals surface area contributed by atoms with Crippen molar-refractivity contribution < 1.29 is 0 Å². The molecule has 0 amide bonds. The maximum Gasteiger partial charge on any atom is 0.0437 e. The van der Waals surface area contributed by atoms with Gasteiger partial charge >= 0.3 is 0 Å². The quantitative estimate of drug-likeness (QED) is 0.657. The molecule has 1 nitrogen and oxygen atoms in total. The second-order valence-electron chi connectivity index (χ2n) is 4.76. The Morgan fingerprint density at radius 2 is 2.07 bits per heavy atom. The van der Waals surface area contributed by atoms with Gasteiger partial charge in [-0.2, -0.15) is 0 Å². The number of hydrogen-bond donors (Lipinski definition) is 0. The van der Waals surface area contributed by atoms with Crippen LogP contribution in [0.25, 0.3) is 0 Å². The highest BCUT2D eigenvalue weighted by Crippen LogP contribution is 2.38. The molecule has 76 valence electrons. The molecule has 0 unspecified atom stereocenters. The second kappa shape index (κ2) is 4.12. The first-order valence-corrected chi connectivity index (χ1v) is 5.68. The van der Waals surface area contributed by atoms with Crippen LogP contribution in [0.1, 0.15) is 44.7 Å². The van der Waals surface area contributed by atoms with Crippen molar-refractivity contribution in [2.75, 3.05) is 0 Å². The number of rotatable bonds is 1. The first-order valence-electron chi connectivity index (χ1n) is 5.68. The average Bonchev–Trinajstić information content (AvgIpc) is 2.19. The van der Waals surface area contributed by atoms with Gasteiger partial charge < -0.3 is 0 Å². The average molecular weight is 189 g/mol. The van der Waals surface area contributed by atoms with Crippen molar-refractivity contribution in [3.63, 3.8) is 0 Å². The van der Waals surface area contributed by atoms with Gasteiger partial charge in [0, 0.05) is 17.8 Å². The van der Waals surface area contributed by atoms with Crippen LogP contribution in [0.2, 0.25) is 0 Å². The van der Waals surface area contributed by atoms with E-state index >= 15 is 0 Å². The Kier molecular flexibility index (Phi) is 2.85. The third-order valence-corrected chi connectivity index (χ3v) is 3.50. The first kappa shape index (κ1) is 9.70. The number of pyridine rings is 1. The number of hydrogen-bond acceptors (Lipinski definition) is 1. The minimum atomic E-state index is 0.701. The summed E-state index contributed by atoms with van der Waals surface area (Å²) in [6.45, 7) is 4.74. The summed E-state index contributed by atoms with van der Waals surface area (Å²) in [5.74, 6) is 2.41. The van der Waals surface area contributed by atoms with Crippen LogP contribution in [0.4, 0.5) is 0 Å². The van der Waals surface area contributed by atoms with Crippen molar-refractivity contribution in [2.45, 2.75) is 39.0 Å². The summed E-state index contributed by atoms with van der Waals surface area (Å²) in [5.41, 5.74) is 1.30. The van der Waals surface area contributed by atoms with Gasteiger partial charge in [0.05, 0.1) is 0 Å². The molecule has 1 aliphatic rings. The van der Waals surface area contributed by atoms with E-state index in [-0.39, 0.29) is 0 Å². The molecule has 3 atom stereocenters. The Hall–Kier alpha value is -0.850. The van der Waals surface area contributed by atoms with E-state index in [4.69, 9.17) is 0 Å². The molecule has 1 fully saturated rings. The largest absolute Gasteiger partial charge is 0.261 e. The van der Waals surface area contributed by atoms with Crippen molar-refractivity contribution in [1.29, 1.82) is 0 Å². The Balaban J connectivity index is 2.12. The van der Waals surface area contributed by atoms with Crippen LogP contribution < -0.4 is 0 Å². The van der Waals surface area contributed by atoms with Crippen LogP contribution in [0, 0.1) is 11.8 Å². The lowest BCUT2D eigenvalue weighted by Gasteiger charge is -2.32. The predicted molar refractivity (Wildman–Crippen MR) is 59.2 cm³/mol. The second-order valence-corrected chi connectivity index (χ2v) is 4.76. The van der Waals surface area contributed by atoms with Gasteiger partial charge in [-0.25, -0.2) is 0 Å². The standard InChI is InChI=1S/C13H19N/c1-10-6-7-12(11(2)9-10)13-5-3-4-8-14-13/h3-5,8,10-12H,6-7,9H2,1-2H3/t10-,11+,12+/m1/s1. The molecule has 0 aliphatic heterocycles. The molecule has 1 heterocycles. The summed E-state index contributed by atoms with van der Waals surface area (Å²) in [6, 6.07) is 6.28. The summed E-state index contributed by atoms with van der Waals surface area (Å²) in [5, 5.41) is 0. The van der Waals surface area contributed by atoms with Gasteiger partial charge in [-0.15, -0.1) is 0 Å². The molecule has 0 spiro atoms. The van der Waals surface area contributed by atoms with Crippen LogP contribution >= 0.6 is 0 Å². The van der Waals surface area contributed by atoms with Crippen LogP contribution in [0.15, 0.2) is 24.4 Å². The fourth-order valence-corrected chi connectivity index (χ4v) is 2.70. The lowest BCUT2D eigenvalue weighted by Crippen LogP contribution is -2.20. The normalized spacial score (nSPS) is 32.9. The van der Waals surface area contributed by atoms with Crippen LogP contribution in [-0.4, -0.2) is 4.98 Å². The summed E-state index contributed by atoms with van der Waals surface area (Å²) >= 11 is 0. The molecule has 2 rings (SSSR count). The Labute approximate surface area is 86.6 Å². The van der Waals surface area contributed by atoms with Gasteiger partial charge in [-0.05, 0) is 36.8 Å². The molecule has 1 aliphatic carbocycles. The lowest BCUT2D eigenvalue weighted by molar-refractivity contribution is 0.258. The predicted octanol–water partition coefficient (Wildman–Crippen LogP) is 3.62. The van der Waals surface area contributed by atoms with Gasteiger partial charge in [0.2, 0.25) is 0 Å². The third kappa shape index (κ3) is 1.97. The molecule has 14 heavy (non-hydrogen) atoms. The van der Waals surface area contributed by atoms with Crippen molar-refractivity contribution in [3.8, 4) is 0 Å². The van der Waals surface area contributed by atoms with E-state index in [0.717, 1.165) is 11.8 Å². The Morgan fingerprint density at radius 1 is 1.21 bits per heavy atom. The van der Waals surface area contributed by atoms with E-state index in [2.05, 4.69) is 31.0 Å². The molecule has 0 aromatic carbocycles. The van der Waals surface area contributed by atoms with Gasteiger partial charge in [-0.3, -0.25) is 4.98 Å². The molecule has 1 aromatic heterocycles. The molecular weight excluding hydrogens is 170 g/mol. The van der Waals surface area contributed by atoms with E-state index in [1.165, 1.54) is 25.0 Å². The molecule has 0 radical (unpaired) electrons. The van der Waals surface area contributed by atoms with Crippen LogP contribution in [-0.2, 0) is 0 Å². The van der Waals surface area contributed by atoms with E-state index in [9.17, 15) is 0 Å². The van der Waals surface area contributed by atoms with Crippen molar-refractivity contribution in [2.24, 2.45) is 11.8 Å². The highest BCUT2D eigenvalue weighted by molar-refractivity contribution is 5.11. The smallest absolute Gasteiger partial charge is 0.0437 e. The Morgan fingerprint density at radius 3 is 2.71 bits per heavy atom. The van der Waals surface area contributed by atoms with Gasteiger partial charge in [0.15, 0.2) is 0 Å². The van der Waals surface area contributed by atoms with Crippen molar-refractivity contribution in [3.05, 3.63) is 30.1 Å². The summed E-state index contributed by atoms with van der Waals surface area (Å²) in [6.07, 6.45) is 5.96. The molecule has 0 saturated heterocycles. The maximum atomic E-state index is 4.48.